The Bertz CT molecular complexity index is 1080. The molecule has 1 amide bonds. The Kier molecular flexibility index (Phi) is 5.26. The molecule has 2 atom stereocenters. The summed E-state index contributed by atoms with van der Waals surface area (Å²) in [7, 11) is 0. The van der Waals surface area contributed by atoms with E-state index in [1.54, 1.807) is 22.7 Å². The van der Waals surface area contributed by atoms with Gasteiger partial charge in [-0.05, 0) is 49.3 Å². The number of amides is 1. The summed E-state index contributed by atoms with van der Waals surface area (Å²) in [4.78, 5) is 25.8. The normalized spacial score (nSPS) is 23.2. The zero-order valence-corrected chi connectivity index (χ0v) is 19.2. The van der Waals surface area contributed by atoms with Crippen LogP contribution in [0.3, 0.4) is 0 Å². The lowest BCUT2D eigenvalue weighted by Crippen LogP contribution is -2.26. The molecule has 0 radical (unpaired) electrons. The van der Waals surface area contributed by atoms with Crippen LogP contribution in [-0.2, 0) is 17.8 Å². The summed E-state index contributed by atoms with van der Waals surface area (Å²) in [5.41, 5.74) is 3.40. The molecule has 0 aromatic carbocycles. The number of nitrogens with zero attached hydrogens (tertiary/aromatic N) is 3. The molecule has 5 heterocycles. The lowest BCUT2D eigenvalue weighted by Gasteiger charge is -2.16. The van der Waals surface area contributed by atoms with E-state index in [4.69, 9.17) is 4.98 Å². The molecule has 0 bridgehead atoms. The van der Waals surface area contributed by atoms with E-state index in [1.807, 2.05) is 18.5 Å². The van der Waals surface area contributed by atoms with Crippen molar-refractivity contribution >= 4 is 43.8 Å². The predicted octanol–water partition coefficient (Wildman–Crippen LogP) is 4.13. The van der Waals surface area contributed by atoms with Crippen molar-refractivity contribution in [2.75, 3.05) is 31.5 Å². The largest absolute Gasteiger partial charge is 0.317 e. The average Bonchev–Trinajstić information content (AvgIpc) is 3.52. The molecule has 1 aliphatic carbocycles. The van der Waals surface area contributed by atoms with Gasteiger partial charge in [-0.1, -0.05) is 6.42 Å². The number of rotatable bonds is 5. The van der Waals surface area contributed by atoms with Crippen molar-refractivity contribution < 1.29 is 4.79 Å². The number of likely N-dealkylation sites (tertiary alicyclic amines) is 1. The lowest BCUT2D eigenvalue weighted by atomic mass is 10.0. The quantitative estimate of drug-likeness (QED) is 0.608. The maximum atomic E-state index is 12.9. The molecule has 1 saturated carbocycles. The van der Waals surface area contributed by atoms with Crippen LogP contribution in [0.5, 0.6) is 0 Å². The topological polar surface area (TPSA) is 70.2 Å². The fourth-order valence-electron chi connectivity index (χ4n) is 5.50. The molecule has 31 heavy (non-hydrogen) atoms. The first-order chi connectivity index (χ1) is 15.2. The Morgan fingerprint density at radius 2 is 2.13 bits per heavy atom. The second kappa shape index (κ2) is 8.24. The number of thiophene rings is 1. The van der Waals surface area contributed by atoms with Crippen LogP contribution in [0.4, 0.5) is 5.00 Å². The molecule has 2 unspecified atom stereocenters. The molecule has 3 aromatic rings. The Morgan fingerprint density at radius 1 is 1.26 bits per heavy atom. The Balaban J connectivity index is 1.21. The van der Waals surface area contributed by atoms with Gasteiger partial charge in [-0.25, -0.2) is 4.98 Å². The van der Waals surface area contributed by atoms with Gasteiger partial charge in [0, 0.05) is 49.2 Å². The third kappa shape index (κ3) is 3.80. The summed E-state index contributed by atoms with van der Waals surface area (Å²) in [5.74, 6) is 1.87. The highest BCUT2D eigenvalue weighted by molar-refractivity contribution is 7.22. The third-order valence-corrected chi connectivity index (χ3v) is 9.24. The number of thiazole rings is 1. The van der Waals surface area contributed by atoms with E-state index in [1.165, 1.54) is 42.8 Å². The number of carbonyl (C=O) groups excluding carboxylic acids is 1. The smallest absolute Gasteiger partial charge is 0.226 e. The predicted molar refractivity (Wildman–Crippen MR) is 127 cm³/mol. The van der Waals surface area contributed by atoms with Gasteiger partial charge in [0.15, 0.2) is 0 Å². The fourth-order valence-corrected chi connectivity index (χ4v) is 7.81. The molecule has 2 N–H and O–H groups in total. The summed E-state index contributed by atoms with van der Waals surface area (Å²) < 4.78 is 1.13. The minimum Gasteiger partial charge on any atom is -0.317 e. The van der Waals surface area contributed by atoms with Crippen molar-refractivity contribution in [1.82, 2.24) is 20.2 Å². The Morgan fingerprint density at radius 3 is 2.97 bits per heavy atom. The zero-order valence-electron chi connectivity index (χ0n) is 17.5. The monoisotopic (exact) mass is 453 g/mol. The van der Waals surface area contributed by atoms with Crippen LogP contribution in [0.1, 0.15) is 36.1 Å². The summed E-state index contributed by atoms with van der Waals surface area (Å²) in [6.45, 7) is 5.07. The summed E-state index contributed by atoms with van der Waals surface area (Å²) in [6, 6.07) is 2.01. The number of carbonyl (C=O) groups is 1. The van der Waals surface area contributed by atoms with Crippen LogP contribution in [-0.4, -0.2) is 47.0 Å². The van der Waals surface area contributed by atoms with E-state index in [2.05, 4.69) is 20.5 Å². The van der Waals surface area contributed by atoms with Crippen molar-refractivity contribution in [3.8, 4) is 10.6 Å². The first-order valence-electron chi connectivity index (χ1n) is 11.3. The van der Waals surface area contributed by atoms with Gasteiger partial charge < -0.3 is 15.5 Å². The van der Waals surface area contributed by atoms with Gasteiger partial charge in [-0.15, -0.1) is 22.7 Å². The Labute approximate surface area is 190 Å². The van der Waals surface area contributed by atoms with Crippen molar-refractivity contribution in [3.63, 3.8) is 0 Å². The maximum absolute atomic E-state index is 12.9. The Hall–Kier alpha value is -1.87. The standard InChI is InChI=1S/C23H27N5OS2/c29-20(6-9-28-12-14-2-1-3-15(14)13-28)27-23-21(16-4-7-25-11-19(16)31-23)22-26-17-10-24-8-5-18(17)30-22/h5,8,10,14-15,25H,1-4,6-7,9,11-13H2,(H,27,29). The van der Waals surface area contributed by atoms with Crippen LogP contribution in [0, 0.1) is 11.8 Å². The van der Waals surface area contributed by atoms with E-state index >= 15 is 0 Å². The van der Waals surface area contributed by atoms with Crippen LogP contribution in [0.25, 0.3) is 20.8 Å². The highest BCUT2D eigenvalue weighted by Gasteiger charge is 2.35. The highest BCUT2D eigenvalue weighted by atomic mass is 32.1. The van der Waals surface area contributed by atoms with Gasteiger partial charge in [0.1, 0.15) is 15.5 Å². The summed E-state index contributed by atoms with van der Waals surface area (Å²) >= 11 is 3.40. The van der Waals surface area contributed by atoms with Gasteiger partial charge in [0.2, 0.25) is 5.91 Å². The lowest BCUT2D eigenvalue weighted by molar-refractivity contribution is -0.116. The van der Waals surface area contributed by atoms with E-state index in [0.29, 0.717) is 6.42 Å². The molecule has 8 heteroatoms. The molecule has 3 aliphatic rings. The SMILES string of the molecule is O=C(CCN1CC2CCCC2C1)Nc1sc2c(c1-c1nc3cnccc3s1)CCNC2. The van der Waals surface area contributed by atoms with Crippen molar-refractivity contribution in [3.05, 3.63) is 28.9 Å². The zero-order chi connectivity index (χ0) is 20.8. The molecule has 2 aliphatic heterocycles. The molecule has 0 spiro atoms. The van der Waals surface area contributed by atoms with Crippen LogP contribution >= 0.6 is 22.7 Å². The summed E-state index contributed by atoms with van der Waals surface area (Å²) in [6.07, 6.45) is 9.32. The number of hydrogen-bond donors (Lipinski definition) is 2. The molecule has 162 valence electrons. The third-order valence-electron chi connectivity index (χ3n) is 7.04. The van der Waals surface area contributed by atoms with E-state index in [9.17, 15) is 4.79 Å². The fraction of sp³-hybridized carbons (Fsp3) is 0.522. The number of aromatic nitrogens is 2. The number of fused-ring (bicyclic) bond motifs is 3. The number of nitrogens with one attached hydrogen (secondary N) is 2. The van der Waals surface area contributed by atoms with Crippen molar-refractivity contribution in [1.29, 1.82) is 0 Å². The van der Waals surface area contributed by atoms with Crippen LogP contribution in [0.2, 0.25) is 0 Å². The number of hydrogen-bond acceptors (Lipinski definition) is 7. The van der Waals surface area contributed by atoms with Gasteiger partial charge in [0.05, 0.1) is 10.9 Å². The van der Waals surface area contributed by atoms with E-state index in [0.717, 1.165) is 63.7 Å². The minimum absolute atomic E-state index is 0.118. The maximum Gasteiger partial charge on any atom is 0.226 e. The van der Waals surface area contributed by atoms with E-state index < -0.39 is 0 Å². The molecule has 3 aromatic heterocycles. The van der Waals surface area contributed by atoms with Gasteiger partial charge in [0.25, 0.3) is 0 Å². The van der Waals surface area contributed by atoms with Crippen LogP contribution in [0.15, 0.2) is 18.5 Å². The molecule has 1 saturated heterocycles. The number of anilines is 1. The summed E-state index contributed by atoms with van der Waals surface area (Å²) in [5, 5.41) is 8.67. The molecule has 2 fully saturated rings. The van der Waals surface area contributed by atoms with Gasteiger partial charge in [-0.3, -0.25) is 9.78 Å². The first-order valence-corrected chi connectivity index (χ1v) is 13.0. The van der Waals surface area contributed by atoms with Crippen molar-refractivity contribution in [2.45, 2.75) is 38.6 Å². The van der Waals surface area contributed by atoms with Gasteiger partial charge >= 0.3 is 0 Å². The molecule has 6 nitrogen and oxygen atoms in total. The second-order valence-electron chi connectivity index (χ2n) is 9.01. The number of pyridine rings is 1. The van der Waals surface area contributed by atoms with Gasteiger partial charge in [-0.2, -0.15) is 0 Å². The van der Waals surface area contributed by atoms with E-state index in [-0.39, 0.29) is 5.91 Å². The average molecular weight is 454 g/mol. The van der Waals surface area contributed by atoms with Crippen molar-refractivity contribution in [2.24, 2.45) is 11.8 Å². The molecule has 6 rings (SSSR count). The van der Waals surface area contributed by atoms with Crippen LogP contribution < -0.4 is 10.6 Å². The molecular formula is C23H27N5OS2. The first kappa shape index (κ1) is 19.8. The minimum atomic E-state index is 0.118. The second-order valence-corrected chi connectivity index (χ2v) is 11.1. The molecular weight excluding hydrogens is 426 g/mol. The highest BCUT2D eigenvalue weighted by Crippen LogP contribution is 2.44.